The Bertz CT molecular complexity index is 655. The van der Waals surface area contributed by atoms with Gasteiger partial charge < -0.3 is 10.5 Å². The highest BCUT2D eigenvalue weighted by Gasteiger charge is 2.35. The third kappa shape index (κ3) is 3.67. The second-order valence-electron chi connectivity index (χ2n) is 4.94. The van der Waals surface area contributed by atoms with Crippen LogP contribution in [0.25, 0.3) is 6.08 Å². The molecule has 0 unspecified atom stereocenters. The molecule has 22 heavy (non-hydrogen) atoms. The number of amides is 3. The Morgan fingerprint density at radius 1 is 1.36 bits per heavy atom. The Morgan fingerprint density at radius 2 is 2.05 bits per heavy atom. The number of imide groups is 1. The van der Waals surface area contributed by atoms with Gasteiger partial charge in [-0.3, -0.25) is 19.3 Å². The number of hydrogen-bond acceptors (Lipinski definition) is 5. The quantitative estimate of drug-likeness (QED) is 0.838. The van der Waals surface area contributed by atoms with Crippen molar-refractivity contribution in [3.05, 3.63) is 34.7 Å². The molecule has 0 aromatic heterocycles. The molecule has 1 aliphatic rings. The maximum atomic E-state index is 12.2. The highest BCUT2D eigenvalue weighted by atomic mass is 32.2. The molecule has 0 saturated carbocycles. The third-order valence-electron chi connectivity index (χ3n) is 2.76. The van der Waals surface area contributed by atoms with E-state index in [1.54, 1.807) is 18.2 Å². The largest absolute Gasteiger partial charge is 0.490 e. The standard InChI is InChI=1S/C15H16N2O4S/c1-9(2)21-11-6-4-3-5-10(11)7-12-14(19)17(8-13(16)18)15(20)22-12/h3-7,9H,8H2,1-2H3,(H2,16,18)/b12-7-. The van der Waals surface area contributed by atoms with Crippen LogP contribution in [0.4, 0.5) is 4.79 Å². The van der Waals surface area contributed by atoms with Crippen LogP contribution in [0.3, 0.4) is 0 Å². The third-order valence-corrected chi connectivity index (χ3v) is 3.66. The molecule has 1 aromatic rings. The first-order chi connectivity index (χ1) is 10.4. The van der Waals surface area contributed by atoms with E-state index in [0.717, 1.165) is 16.7 Å². The van der Waals surface area contributed by atoms with Crippen molar-refractivity contribution >= 4 is 34.9 Å². The molecule has 0 bridgehead atoms. The second-order valence-corrected chi connectivity index (χ2v) is 5.93. The number of hydrogen-bond donors (Lipinski definition) is 1. The van der Waals surface area contributed by atoms with E-state index < -0.39 is 23.6 Å². The number of carbonyl (C=O) groups excluding carboxylic acids is 3. The fourth-order valence-corrected chi connectivity index (χ4v) is 2.72. The number of nitrogens with zero attached hydrogens (tertiary/aromatic N) is 1. The minimum absolute atomic E-state index is 0.0144. The first-order valence-electron chi connectivity index (χ1n) is 6.68. The average Bonchev–Trinajstić information content (AvgIpc) is 2.68. The molecule has 1 aliphatic heterocycles. The van der Waals surface area contributed by atoms with Gasteiger partial charge in [-0.15, -0.1) is 0 Å². The van der Waals surface area contributed by atoms with Crippen LogP contribution in [0.15, 0.2) is 29.2 Å². The predicted molar refractivity (Wildman–Crippen MR) is 84.1 cm³/mol. The summed E-state index contributed by atoms with van der Waals surface area (Å²) in [4.78, 5) is 35.9. The lowest BCUT2D eigenvalue weighted by atomic mass is 10.2. The Hall–Kier alpha value is -2.28. The van der Waals surface area contributed by atoms with Gasteiger partial charge in [0.25, 0.3) is 11.1 Å². The van der Waals surface area contributed by atoms with Crippen LogP contribution in [-0.2, 0) is 9.59 Å². The summed E-state index contributed by atoms with van der Waals surface area (Å²) in [5.41, 5.74) is 5.74. The van der Waals surface area contributed by atoms with Crippen molar-refractivity contribution in [2.45, 2.75) is 20.0 Å². The van der Waals surface area contributed by atoms with Gasteiger partial charge in [-0.2, -0.15) is 0 Å². The first-order valence-corrected chi connectivity index (χ1v) is 7.49. The number of rotatable bonds is 5. The SMILES string of the molecule is CC(C)Oc1ccccc1/C=C1\SC(=O)N(CC(N)=O)C1=O. The Balaban J connectivity index is 2.29. The summed E-state index contributed by atoms with van der Waals surface area (Å²) < 4.78 is 5.67. The maximum Gasteiger partial charge on any atom is 0.294 e. The van der Waals surface area contributed by atoms with Gasteiger partial charge in [0.1, 0.15) is 12.3 Å². The fourth-order valence-electron chi connectivity index (χ4n) is 1.89. The van der Waals surface area contributed by atoms with Crippen LogP contribution in [-0.4, -0.2) is 34.6 Å². The van der Waals surface area contributed by atoms with Crippen molar-refractivity contribution in [3.8, 4) is 5.75 Å². The molecule has 0 atom stereocenters. The van der Waals surface area contributed by atoms with Gasteiger partial charge in [0.15, 0.2) is 0 Å². The van der Waals surface area contributed by atoms with E-state index in [-0.39, 0.29) is 11.0 Å². The Labute approximate surface area is 132 Å². The van der Waals surface area contributed by atoms with E-state index in [9.17, 15) is 14.4 Å². The van der Waals surface area contributed by atoms with Crippen LogP contribution in [0, 0.1) is 0 Å². The summed E-state index contributed by atoms with van der Waals surface area (Å²) in [5.74, 6) is -0.626. The lowest BCUT2D eigenvalue weighted by Crippen LogP contribution is -2.36. The molecule has 0 aliphatic carbocycles. The number of nitrogens with two attached hydrogens (primary N) is 1. The Kier molecular flexibility index (Phi) is 4.87. The van der Waals surface area contributed by atoms with Gasteiger partial charge in [0.05, 0.1) is 11.0 Å². The molecule has 0 spiro atoms. The molecule has 2 rings (SSSR count). The monoisotopic (exact) mass is 320 g/mol. The highest BCUT2D eigenvalue weighted by molar-refractivity contribution is 8.18. The van der Waals surface area contributed by atoms with Crippen molar-refractivity contribution in [1.82, 2.24) is 4.90 Å². The molecule has 1 heterocycles. The smallest absolute Gasteiger partial charge is 0.294 e. The summed E-state index contributed by atoms with van der Waals surface area (Å²) in [6.07, 6.45) is 1.57. The maximum absolute atomic E-state index is 12.2. The number of benzene rings is 1. The van der Waals surface area contributed by atoms with Gasteiger partial charge in [-0.25, -0.2) is 0 Å². The molecular formula is C15H16N2O4S. The number of ether oxygens (including phenoxy) is 1. The van der Waals surface area contributed by atoms with Crippen LogP contribution in [0.2, 0.25) is 0 Å². The Morgan fingerprint density at radius 3 is 2.68 bits per heavy atom. The summed E-state index contributed by atoms with van der Waals surface area (Å²) in [7, 11) is 0. The van der Waals surface area contributed by atoms with Gasteiger partial charge >= 0.3 is 0 Å². The average molecular weight is 320 g/mol. The molecule has 116 valence electrons. The molecule has 1 fully saturated rings. The molecule has 6 nitrogen and oxygen atoms in total. The predicted octanol–water partition coefficient (Wildman–Crippen LogP) is 2.00. The summed E-state index contributed by atoms with van der Waals surface area (Å²) >= 11 is 0.781. The zero-order valence-electron chi connectivity index (χ0n) is 12.2. The van der Waals surface area contributed by atoms with E-state index in [0.29, 0.717) is 11.3 Å². The minimum atomic E-state index is -0.730. The molecule has 0 radical (unpaired) electrons. The van der Waals surface area contributed by atoms with Crippen molar-refractivity contribution in [3.63, 3.8) is 0 Å². The van der Waals surface area contributed by atoms with Gasteiger partial charge in [0, 0.05) is 5.56 Å². The van der Waals surface area contributed by atoms with Crippen molar-refractivity contribution in [1.29, 1.82) is 0 Å². The lowest BCUT2D eigenvalue weighted by molar-refractivity contribution is -0.127. The normalized spacial score (nSPS) is 16.7. The number of carbonyl (C=O) groups is 3. The number of thioether (sulfide) groups is 1. The van der Waals surface area contributed by atoms with Crippen molar-refractivity contribution in [2.75, 3.05) is 6.54 Å². The fraction of sp³-hybridized carbons (Fsp3) is 0.267. The second kappa shape index (κ2) is 6.65. The molecule has 2 N–H and O–H groups in total. The van der Waals surface area contributed by atoms with E-state index in [4.69, 9.17) is 10.5 Å². The minimum Gasteiger partial charge on any atom is -0.490 e. The van der Waals surface area contributed by atoms with Gasteiger partial charge in [0.2, 0.25) is 5.91 Å². The van der Waals surface area contributed by atoms with Crippen molar-refractivity contribution in [2.24, 2.45) is 5.73 Å². The molecule has 1 saturated heterocycles. The van der Waals surface area contributed by atoms with E-state index in [2.05, 4.69) is 0 Å². The molecule has 7 heteroatoms. The summed E-state index contributed by atoms with van der Waals surface area (Å²) in [6, 6.07) is 7.22. The zero-order valence-corrected chi connectivity index (χ0v) is 13.1. The summed E-state index contributed by atoms with van der Waals surface area (Å²) in [6.45, 7) is 3.39. The molecule has 3 amide bonds. The van der Waals surface area contributed by atoms with Crippen LogP contribution in [0.5, 0.6) is 5.75 Å². The lowest BCUT2D eigenvalue weighted by Gasteiger charge is -2.12. The summed E-state index contributed by atoms with van der Waals surface area (Å²) in [5, 5.41) is -0.502. The van der Waals surface area contributed by atoms with Crippen LogP contribution < -0.4 is 10.5 Å². The van der Waals surface area contributed by atoms with Crippen molar-refractivity contribution < 1.29 is 19.1 Å². The molecule has 1 aromatic carbocycles. The van der Waals surface area contributed by atoms with E-state index in [1.807, 2.05) is 26.0 Å². The number of para-hydroxylation sites is 1. The van der Waals surface area contributed by atoms with E-state index in [1.165, 1.54) is 0 Å². The first kappa shape index (κ1) is 16.1. The zero-order chi connectivity index (χ0) is 16.3. The van der Waals surface area contributed by atoms with Gasteiger partial charge in [-0.1, -0.05) is 18.2 Å². The topological polar surface area (TPSA) is 89.7 Å². The van der Waals surface area contributed by atoms with Crippen LogP contribution >= 0.6 is 11.8 Å². The van der Waals surface area contributed by atoms with Crippen LogP contribution in [0.1, 0.15) is 19.4 Å². The molecular weight excluding hydrogens is 304 g/mol. The van der Waals surface area contributed by atoms with Gasteiger partial charge in [-0.05, 0) is 37.8 Å². The number of primary amides is 1. The van der Waals surface area contributed by atoms with E-state index >= 15 is 0 Å². The highest BCUT2D eigenvalue weighted by Crippen LogP contribution is 2.33.